The van der Waals surface area contributed by atoms with Crippen LogP contribution in [0.2, 0.25) is 0 Å². The highest BCUT2D eigenvalue weighted by Gasteiger charge is 2.52. The Balaban J connectivity index is 1.86. The van der Waals surface area contributed by atoms with E-state index < -0.39 is 23.9 Å². The van der Waals surface area contributed by atoms with Crippen LogP contribution in [0.15, 0.2) is 12.2 Å². The summed E-state index contributed by atoms with van der Waals surface area (Å²) >= 11 is 0. The number of piperidine rings is 2. The van der Waals surface area contributed by atoms with Crippen molar-refractivity contribution in [3.63, 3.8) is 0 Å². The number of nitrogens with one attached hydrogen (secondary N) is 1. The molecule has 3 atom stereocenters. The molecule has 1 saturated carbocycles. The van der Waals surface area contributed by atoms with Crippen LogP contribution in [0.5, 0.6) is 0 Å². The molecule has 2 amide bonds. The fourth-order valence-corrected chi connectivity index (χ4v) is 3.50. The van der Waals surface area contributed by atoms with Crippen molar-refractivity contribution in [2.24, 2.45) is 23.7 Å². The molecular formula is C20H32N2O5. The molecule has 152 valence electrons. The Morgan fingerprint density at radius 3 is 2.15 bits per heavy atom. The predicted molar refractivity (Wildman–Crippen MR) is 101 cm³/mol. The van der Waals surface area contributed by atoms with Gasteiger partial charge < -0.3 is 19.7 Å². The normalized spacial score (nSPS) is 25.3. The molecule has 27 heavy (non-hydrogen) atoms. The zero-order valence-corrected chi connectivity index (χ0v) is 17.2. The number of carbonyl (C=O) groups is 3. The lowest BCUT2D eigenvalue weighted by Crippen LogP contribution is -2.62. The van der Waals surface area contributed by atoms with Crippen LogP contribution >= 0.6 is 0 Å². The van der Waals surface area contributed by atoms with Gasteiger partial charge in [-0.15, -0.1) is 0 Å². The average Bonchev–Trinajstić information content (AvgIpc) is 2.53. The monoisotopic (exact) mass is 380 g/mol. The van der Waals surface area contributed by atoms with Gasteiger partial charge in [-0.3, -0.25) is 9.59 Å². The molecule has 7 nitrogen and oxygen atoms in total. The van der Waals surface area contributed by atoms with E-state index in [2.05, 4.69) is 11.9 Å². The van der Waals surface area contributed by atoms with Crippen LogP contribution < -0.4 is 5.32 Å². The quantitative estimate of drug-likeness (QED) is 0.435. The highest BCUT2D eigenvalue weighted by molar-refractivity contribution is 5.82. The maximum absolute atomic E-state index is 12.7. The molecule has 7 heteroatoms. The van der Waals surface area contributed by atoms with Gasteiger partial charge in [0.2, 0.25) is 12.2 Å². The zero-order chi connectivity index (χ0) is 20.5. The van der Waals surface area contributed by atoms with E-state index in [-0.39, 0.29) is 29.6 Å². The molecule has 2 heterocycles. The van der Waals surface area contributed by atoms with Crippen LogP contribution in [-0.2, 0) is 19.1 Å². The van der Waals surface area contributed by atoms with Gasteiger partial charge in [0.05, 0.1) is 11.5 Å². The summed E-state index contributed by atoms with van der Waals surface area (Å²) < 4.78 is 10.3. The lowest BCUT2D eigenvalue weighted by molar-refractivity contribution is -0.171. The Hall–Kier alpha value is -2.05. The minimum absolute atomic E-state index is 0.0245. The third-order valence-electron chi connectivity index (χ3n) is 5.61. The molecule has 3 fully saturated rings. The fraction of sp³-hybridized carbons (Fsp3) is 0.750. The second-order valence-electron chi connectivity index (χ2n) is 8.62. The summed E-state index contributed by atoms with van der Waals surface area (Å²) in [7, 11) is 0. The van der Waals surface area contributed by atoms with Gasteiger partial charge in [0.15, 0.2) is 0 Å². The van der Waals surface area contributed by atoms with Crippen LogP contribution in [0.4, 0.5) is 4.79 Å². The van der Waals surface area contributed by atoms with Crippen molar-refractivity contribution in [2.45, 2.75) is 59.8 Å². The first kappa shape index (κ1) is 21.3. The summed E-state index contributed by atoms with van der Waals surface area (Å²) in [5.41, 5.74) is 0.449. The standard InChI is InChI=1S/C20H32N2O5/c1-11(2)18(24)26-13(5)27-19(25)22-9-14-8-15(10-22)16(14)17(23)21-20(6,7)12(3)4/h11,13-16H,3,8-10H2,1-2,4-7H3,(H,21,23). The molecule has 3 rings (SSSR count). The van der Waals surface area contributed by atoms with E-state index >= 15 is 0 Å². The van der Waals surface area contributed by atoms with Crippen molar-refractivity contribution in [1.82, 2.24) is 10.2 Å². The van der Waals surface area contributed by atoms with Crippen LogP contribution in [0, 0.1) is 23.7 Å². The number of ether oxygens (including phenoxy) is 2. The smallest absolute Gasteiger partial charge is 0.412 e. The largest absolute Gasteiger partial charge is 0.425 e. The number of fused-ring (bicyclic) bond motifs is 2. The molecule has 1 N–H and O–H groups in total. The van der Waals surface area contributed by atoms with E-state index in [1.807, 2.05) is 20.8 Å². The molecule has 2 saturated heterocycles. The van der Waals surface area contributed by atoms with Crippen LogP contribution in [0.1, 0.15) is 48.0 Å². The Kier molecular flexibility index (Phi) is 6.22. The Morgan fingerprint density at radius 2 is 1.67 bits per heavy atom. The summed E-state index contributed by atoms with van der Waals surface area (Å²) in [5.74, 6) is -0.484. The number of amides is 2. The highest BCUT2D eigenvalue weighted by atomic mass is 16.7. The van der Waals surface area contributed by atoms with Gasteiger partial charge in [-0.25, -0.2) is 4.79 Å². The molecule has 2 bridgehead atoms. The van der Waals surface area contributed by atoms with Crippen molar-refractivity contribution in [3.05, 3.63) is 12.2 Å². The molecule has 2 aliphatic heterocycles. The molecule has 0 aromatic carbocycles. The number of hydrogen-bond donors (Lipinski definition) is 1. The van der Waals surface area contributed by atoms with Gasteiger partial charge >= 0.3 is 12.1 Å². The summed E-state index contributed by atoms with van der Waals surface area (Å²) in [4.78, 5) is 38.2. The number of carbonyl (C=O) groups excluding carboxylic acids is 3. The molecule has 0 aromatic heterocycles. The summed E-state index contributed by atoms with van der Waals surface area (Å²) in [6.45, 7) is 15.6. The van der Waals surface area contributed by atoms with Crippen LogP contribution in [0.3, 0.4) is 0 Å². The van der Waals surface area contributed by atoms with E-state index in [9.17, 15) is 14.4 Å². The van der Waals surface area contributed by atoms with E-state index in [1.54, 1.807) is 18.7 Å². The molecular weight excluding hydrogens is 348 g/mol. The number of rotatable bonds is 6. The van der Waals surface area contributed by atoms with Crippen molar-refractivity contribution in [3.8, 4) is 0 Å². The predicted octanol–water partition coefficient (Wildman–Crippen LogP) is 2.71. The Bertz CT molecular complexity index is 616. The highest BCUT2D eigenvalue weighted by Crippen LogP contribution is 2.46. The first-order valence-electron chi connectivity index (χ1n) is 9.56. The van der Waals surface area contributed by atoms with Crippen molar-refractivity contribution >= 4 is 18.0 Å². The molecule has 3 aliphatic rings. The van der Waals surface area contributed by atoms with Crippen LogP contribution in [0.25, 0.3) is 0 Å². The van der Waals surface area contributed by atoms with Gasteiger partial charge in [0, 0.05) is 25.9 Å². The topological polar surface area (TPSA) is 84.9 Å². The summed E-state index contributed by atoms with van der Waals surface area (Å²) in [5, 5.41) is 3.06. The number of hydrogen-bond acceptors (Lipinski definition) is 5. The minimum Gasteiger partial charge on any atom is -0.425 e. The van der Waals surface area contributed by atoms with Gasteiger partial charge in [-0.05, 0) is 39.0 Å². The van der Waals surface area contributed by atoms with Crippen molar-refractivity contribution in [2.75, 3.05) is 13.1 Å². The van der Waals surface area contributed by atoms with Gasteiger partial charge in [0.1, 0.15) is 0 Å². The molecule has 0 radical (unpaired) electrons. The first-order chi connectivity index (χ1) is 12.4. The van der Waals surface area contributed by atoms with Crippen LogP contribution in [-0.4, -0.2) is 47.8 Å². The minimum atomic E-state index is -0.930. The van der Waals surface area contributed by atoms with Gasteiger partial charge in [0.25, 0.3) is 0 Å². The fourth-order valence-electron chi connectivity index (χ4n) is 3.50. The Labute approximate surface area is 161 Å². The summed E-state index contributed by atoms with van der Waals surface area (Å²) in [6, 6.07) is 0. The maximum Gasteiger partial charge on any atom is 0.412 e. The van der Waals surface area contributed by atoms with Gasteiger partial charge in [-0.2, -0.15) is 0 Å². The third kappa shape index (κ3) is 4.82. The van der Waals surface area contributed by atoms with Crippen molar-refractivity contribution in [1.29, 1.82) is 0 Å². The number of nitrogens with zero attached hydrogens (tertiary/aromatic N) is 1. The third-order valence-corrected chi connectivity index (χ3v) is 5.61. The van der Waals surface area contributed by atoms with E-state index in [1.165, 1.54) is 6.92 Å². The van der Waals surface area contributed by atoms with Gasteiger partial charge in [-0.1, -0.05) is 26.0 Å². The van der Waals surface area contributed by atoms with E-state index in [0.29, 0.717) is 13.1 Å². The van der Waals surface area contributed by atoms with Crippen molar-refractivity contribution < 1.29 is 23.9 Å². The van der Waals surface area contributed by atoms with E-state index in [4.69, 9.17) is 9.47 Å². The first-order valence-corrected chi connectivity index (χ1v) is 9.56. The Morgan fingerprint density at radius 1 is 1.11 bits per heavy atom. The second-order valence-corrected chi connectivity index (χ2v) is 8.62. The van der Waals surface area contributed by atoms with E-state index in [0.717, 1.165) is 12.0 Å². The number of esters is 1. The summed E-state index contributed by atoms with van der Waals surface area (Å²) in [6.07, 6.45) is -0.497. The maximum atomic E-state index is 12.7. The molecule has 0 spiro atoms. The lowest BCUT2D eigenvalue weighted by Gasteiger charge is -2.52. The molecule has 0 aromatic rings. The molecule has 3 unspecified atom stereocenters. The zero-order valence-electron chi connectivity index (χ0n) is 17.2. The lowest BCUT2D eigenvalue weighted by atomic mass is 9.61. The second kappa shape index (κ2) is 7.90. The average molecular weight is 380 g/mol. The SMILES string of the molecule is C=C(C)C(C)(C)NC(=O)C1C2CC1CN(C(=O)OC(C)OC(=O)C(C)C)C2. The molecule has 1 aliphatic carbocycles.